The van der Waals surface area contributed by atoms with E-state index in [1.54, 1.807) is 30.3 Å². The molecule has 0 atom stereocenters. The van der Waals surface area contributed by atoms with Gasteiger partial charge in [-0.1, -0.05) is 109 Å². The lowest BCUT2D eigenvalue weighted by Gasteiger charge is -2.02. The van der Waals surface area contributed by atoms with Gasteiger partial charge in [0.25, 0.3) is 0 Å². The highest BCUT2D eigenvalue weighted by atomic mass is 16.4. The van der Waals surface area contributed by atoms with Gasteiger partial charge in [-0.2, -0.15) is 0 Å². The van der Waals surface area contributed by atoms with E-state index in [2.05, 4.69) is 6.92 Å². The average molecular weight is 364 g/mol. The van der Waals surface area contributed by atoms with Crippen molar-refractivity contribution in [3.8, 4) is 0 Å². The molecule has 150 valence electrons. The molecule has 3 N–H and O–H groups in total. The predicted octanol–water partition coefficient (Wildman–Crippen LogP) is 6.81. The molecule has 1 aromatic carbocycles. The molecule has 0 unspecified atom stereocenters. The zero-order chi connectivity index (χ0) is 19.3. The number of carboxylic acid groups (broad SMARTS) is 1. The second kappa shape index (κ2) is 20.0. The standard InChI is InChI=1S/C16H35N.C7H6O2/c1-2-3-4-5-6-7-8-9-10-11-12-13-14-15-16-17;8-7(9)6-4-2-1-3-5-6/h2-17H2,1H3;1-5H,(H,8,9). The third kappa shape index (κ3) is 17.5. The van der Waals surface area contributed by atoms with Crippen LogP contribution in [0.2, 0.25) is 0 Å². The molecule has 1 aromatic rings. The zero-order valence-corrected chi connectivity index (χ0v) is 16.9. The van der Waals surface area contributed by atoms with Gasteiger partial charge in [0.05, 0.1) is 5.56 Å². The molecule has 0 bridgehead atoms. The molecule has 0 aliphatic rings. The Kier molecular flexibility index (Phi) is 18.9. The van der Waals surface area contributed by atoms with Gasteiger partial charge in [-0.05, 0) is 25.1 Å². The van der Waals surface area contributed by atoms with Crippen molar-refractivity contribution in [1.82, 2.24) is 0 Å². The molecule has 0 fully saturated rings. The van der Waals surface area contributed by atoms with E-state index in [1.165, 1.54) is 89.9 Å². The number of hydrogen-bond donors (Lipinski definition) is 2. The molecular formula is C23H41NO2. The first kappa shape index (κ1) is 24.7. The van der Waals surface area contributed by atoms with E-state index in [-0.39, 0.29) is 0 Å². The van der Waals surface area contributed by atoms with Crippen LogP contribution in [0.15, 0.2) is 30.3 Å². The summed E-state index contributed by atoms with van der Waals surface area (Å²) in [5, 5.41) is 8.38. The number of unbranched alkanes of at least 4 members (excludes halogenated alkanes) is 13. The van der Waals surface area contributed by atoms with Gasteiger partial charge in [0.2, 0.25) is 0 Å². The van der Waals surface area contributed by atoms with Crippen LogP contribution < -0.4 is 5.73 Å². The molecule has 0 saturated heterocycles. The van der Waals surface area contributed by atoms with Crippen LogP contribution in [0.25, 0.3) is 0 Å². The van der Waals surface area contributed by atoms with Gasteiger partial charge in [-0.25, -0.2) is 4.79 Å². The maximum absolute atomic E-state index is 10.2. The Bertz CT molecular complexity index is 392. The number of benzene rings is 1. The first-order valence-corrected chi connectivity index (χ1v) is 10.7. The van der Waals surface area contributed by atoms with E-state index in [9.17, 15) is 4.79 Å². The fraction of sp³-hybridized carbons (Fsp3) is 0.696. The number of hydrogen-bond acceptors (Lipinski definition) is 2. The third-order valence-electron chi connectivity index (χ3n) is 4.58. The van der Waals surface area contributed by atoms with Gasteiger partial charge in [0, 0.05) is 0 Å². The second-order valence-corrected chi connectivity index (χ2v) is 7.06. The minimum atomic E-state index is -0.879. The molecule has 0 amide bonds. The van der Waals surface area contributed by atoms with Crippen molar-refractivity contribution in [2.75, 3.05) is 6.54 Å². The van der Waals surface area contributed by atoms with Gasteiger partial charge in [-0.3, -0.25) is 0 Å². The average Bonchev–Trinajstić information content (AvgIpc) is 2.67. The number of nitrogens with two attached hydrogens (primary N) is 1. The molecule has 0 aliphatic carbocycles. The van der Waals surface area contributed by atoms with Crippen molar-refractivity contribution < 1.29 is 9.90 Å². The monoisotopic (exact) mass is 363 g/mol. The van der Waals surface area contributed by atoms with Crippen molar-refractivity contribution in [3.05, 3.63) is 35.9 Å². The van der Waals surface area contributed by atoms with E-state index in [0.717, 1.165) is 6.54 Å². The molecule has 26 heavy (non-hydrogen) atoms. The Hall–Kier alpha value is -1.35. The van der Waals surface area contributed by atoms with Gasteiger partial charge in [0.1, 0.15) is 0 Å². The van der Waals surface area contributed by atoms with Crippen LogP contribution in [0, 0.1) is 0 Å². The number of aromatic carboxylic acids is 1. The van der Waals surface area contributed by atoms with Crippen LogP contribution in [0.4, 0.5) is 0 Å². The topological polar surface area (TPSA) is 63.3 Å². The van der Waals surface area contributed by atoms with E-state index >= 15 is 0 Å². The maximum Gasteiger partial charge on any atom is 0.335 e. The first-order valence-electron chi connectivity index (χ1n) is 10.7. The van der Waals surface area contributed by atoms with Crippen molar-refractivity contribution in [3.63, 3.8) is 0 Å². The summed E-state index contributed by atoms with van der Waals surface area (Å²) in [6.45, 7) is 3.16. The van der Waals surface area contributed by atoms with Gasteiger partial charge < -0.3 is 10.8 Å². The van der Waals surface area contributed by atoms with Crippen molar-refractivity contribution >= 4 is 5.97 Å². The van der Waals surface area contributed by atoms with E-state index in [0.29, 0.717) is 5.56 Å². The predicted molar refractivity (Wildman–Crippen MR) is 113 cm³/mol. The van der Waals surface area contributed by atoms with Crippen molar-refractivity contribution in [2.24, 2.45) is 5.73 Å². The summed E-state index contributed by atoms with van der Waals surface area (Å²) >= 11 is 0. The molecule has 0 spiro atoms. The number of carbonyl (C=O) groups is 1. The third-order valence-corrected chi connectivity index (χ3v) is 4.58. The first-order chi connectivity index (χ1) is 12.7. The SMILES string of the molecule is CCCCCCCCCCCCCCCCN.O=C(O)c1ccccc1. The molecule has 0 aliphatic heterocycles. The van der Waals surface area contributed by atoms with Crippen LogP contribution in [-0.2, 0) is 0 Å². The molecule has 3 nitrogen and oxygen atoms in total. The summed E-state index contributed by atoms with van der Waals surface area (Å²) in [6, 6.07) is 8.30. The minimum absolute atomic E-state index is 0.331. The zero-order valence-electron chi connectivity index (χ0n) is 16.9. The summed E-state index contributed by atoms with van der Waals surface area (Å²) in [7, 11) is 0. The lowest BCUT2D eigenvalue weighted by Crippen LogP contribution is -1.97. The van der Waals surface area contributed by atoms with Gasteiger partial charge >= 0.3 is 5.97 Å². The maximum atomic E-state index is 10.2. The van der Waals surface area contributed by atoms with Crippen LogP contribution in [0.3, 0.4) is 0 Å². The summed E-state index contributed by atoms with van der Waals surface area (Å²) in [5.74, 6) is -0.879. The van der Waals surface area contributed by atoms with Gasteiger partial charge in [0.15, 0.2) is 0 Å². The highest BCUT2D eigenvalue weighted by Crippen LogP contribution is 2.12. The quantitative estimate of drug-likeness (QED) is 0.336. The fourth-order valence-corrected chi connectivity index (χ4v) is 2.92. The normalized spacial score (nSPS) is 10.2. The summed E-state index contributed by atoms with van der Waals surface area (Å²) in [4.78, 5) is 10.2. The molecule has 0 aromatic heterocycles. The summed E-state index contributed by atoms with van der Waals surface area (Å²) < 4.78 is 0. The highest BCUT2D eigenvalue weighted by molar-refractivity contribution is 5.87. The van der Waals surface area contributed by atoms with Crippen LogP contribution in [-0.4, -0.2) is 17.6 Å². The molecule has 0 saturated carbocycles. The molecular weight excluding hydrogens is 322 g/mol. The lowest BCUT2D eigenvalue weighted by molar-refractivity contribution is 0.0697. The fourth-order valence-electron chi connectivity index (χ4n) is 2.92. The summed E-state index contributed by atoms with van der Waals surface area (Å²) in [5.41, 5.74) is 5.80. The smallest absolute Gasteiger partial charge is 0.335 e. The second-order valence-electron chi connectivity index (χ2n) is 7.06. The number of rotatable bonds is 15. The van der Waals surface area contributed by atoms with E-state index in [4.69, 9.17) is 10.8 Å². The molecule has 3 heteroatoms. The Labute approximate surface area is 161 Å². The molecule has 1 rings (SSSR count). The van der Waals surface area contributed by atoms with E-state index < -0.39 is 5.97 Å². The molecule has 0 heterocycles. The molecule has 0 radical (unpaired) electrons. The Morgan fingerprint density at radius 3 is 1.42 bits per heavy atom. The Morgan fingerprint density at radius 2 is 1.12 bits per heavy atom. The highest BCUT2D eigenvalue weighted by Gasteiger charge is 1.96. The van der Waals surface area contributed by atoms with Gasteiger partial charge in [-0.15, -0.1) is 0 Å². The lowest BCUT2D eigenvalue weighted by atomic mass is 10.0. The van der Waals surface area contributed by atoms with E-state index in [1.807, 2.05) is 0 Å². The van der Waals surface area contributed by atoms with Crippen LogP contribution in [0.1, 0.15) is 107 Å². The van der Waals surface area contributed by atoms with Crippen molar-refractivity contribution in [1.29, 1.82) is 0 Å². The number of carboxylic acids is 1. The largest absolute Gasteiger partial charge is 0.478 e. The summed E-state index contributed by atoms with van der Waals surface area (Å²) in [6.07, 6.45) is 19.9. The minimum Gasteiger partial charge on any atom is -0.478 e. The van der Waals surface area contributed by atoms with Crippen LogP contribution >= 0.6 is 0 Å². The Morgan fingerprint density at radius 1 is 0.731 bits per heavy atom. The Balaban J connectivity index is 0.000000577. The van der Waals surface area contributed by atoms with Crippen LogP contribution in [0.5, 0.6) is 0 Å². The van der Waals surface area contributed by atoms with Crippen molar-refractivity contribution in [2.45, 2.75) is 96.8 Å².